The average molecular weight is 463 g/mol. The lowest BCUT2D eigenvalue weighted by atomic mass is 9.84. The van der Waals surface area contributed by atoms with Gasteiger partial charge in [0.2, 0.25) is 6.29 Å². The maximum absolute atomic E-state index is 13.4. The summed E-state index contributed by atoms with van der Waals surface area (Å²) in [7, 11) is 0. The van der Waals surface area contributed by atoms with Crippen LogP contribution in [0.25, 0.3) is 0 Å². The standard InChI is InChI=1S/C25H38N2O4S/c1-2-30-25-20(8-6-16-28)21(23-9-7-17-32-23)18-22(31-25)24(29)27-14-10-19(11-15-27)26-12-4-3-5-13-26/h7,9,17-21,25,28H,2-6,8,10-16H2,1H3/t20-,21-,25+/m0/s1. The molecule has 0 saturated carbocycles. The number of ether oxygens (including phenoxy) is 2. The van der Waals surface area contributed by atoms with Crippen LogP contribution in [-0.2, 0) is 14.3 Å². The second-order valence-corrected chi connectivity index (χ2v) is 10.1. The van der Waals surface area contributed by atoms with Crippen LogP contribution < -0.4 is 0 Å². The number of aliphatic hydroxyl groups is 1. The third-order valence-corrected chi connectivity index (χ3v) is 8.13. The van der Waals surface area contributed by atoms with Crippen LogP contribution in [0.5, 0.6) is 0 Å². The second kappa shape index (κ2) is 11.6. The summed E-state index contributed by atoms with van der Waals surface area (Å²) in [6, 6.07) is 4.78. The van der Waals surface area contributed by atoms with Gasteiger partial charge in [-0.1, -0.05) is 12.5 Å². The van der Waals surface area contributed by atoms with Crippen LogP contribution >= 0.6 is 11.3 Å². The molecular formula is C25H38N2O4S. The Bertz CT molecular complexity index is 739. The zero-order valence-electron chi connectivity index (χ0n) is 19.3. The minimum atomic E-state index is -0.464. The van der Waals surface area contributed by atoms with Crippen LogP contribution in [0.2, 0.25) is 0 Å². The quantitative estimate of drug-likeness (QED) is 0.633. The van der Waals surface area contributed by atoms with Crippen LogP contribution in [0.15, 0.2) is 29.3 Å². The van der Waals surface area contributed by atoms with E-state index in [1.165, 1.54) is 37.2 Å². The van der Waals surface area contributed by atoms with E-state index in [0.717, 1.165) is 32.4 Å². The Morgan fingerprint density at radius 1 is 1.22 bits per heavy atom. The summed E-state index contributed by atoms with van der Waals surface area (Å²) < 4.78 is 12.2. The molecule has 4 rings (SSSR count). The molecule has 6 nitrogen and oxygen atoms in total. The van der Waals surface area contributed by atoms with Crippen LogP contribution in [-0.4, -0.2) is 72.5 Å². The number of hydrogen-bond acceptors (Lipinski definition) is 6. The number of hydrogen-bond donors (Lipinski definition) is 1. The molecule has 0 bridgehead atoms. The molecule has 7 heteroatoms. The molecule has 2 saturated heterocycles. The van der Waals surface area contributed by atoms with Crippen molar-refractivity contribution in [1.82, 2.24) is 9.80 Å². The Hall–Kier alpha value is -1.41. The van der Waals surface area contributed by atoms with Gasteiger partial charge in [-0.2, -0.15) is 0 Å². The highest BCUT2D eigenvalue weighted by Crippen LogP contribution is 2.41. The van der Waals surface area contributed by atoms with Crippen LogP contribution in [0, 0.1) is 5.92 Å². The van der Waals surface area contributed by atoms with E-state index in [0.29, 0.717) is 24.8 Å². The minimum Gasteiger partial charge on any atom is -0.459 e. The number of nitrogens with zero attached hydrogens (tertiary/aromatic N) is 2. The van der Waals surface area contributed by atoms with Crippen molar-refractivity contribution < 1.29 is 19.4 Å². The summed E-state index contributed by atoms with van der Waals surface area (Å²) in [4.78, 5) is 19.3. The molecule has 3 atom stereocenters. The van der Waals surface area contributed by atoms with Gasteiger partial charge in [-0.3, -0.25) is 4.79 Å². The molecule has 0 unspecified atom stereocenters. The smallest absolute Gasteiger partial charge is 0.288 e. The molecule has 4 heterocycles. The van der Waals surface area contributed by atoms with Crippen molar-refractivity contribution in [1.29, 1.82) is 0 Å². The Morgan fingerprint density at radius 2 is 2.00 bits per heavy atom. The van der Waals surface area contributed by atoms with Gasteiger partial charge in [-0.15, -0.1) is 11.3 Å². The van der Waals surface area contributed by atoms with E-state index in [-0.39, 0.29) is 24.3 Å². The third kappa shape index (κ3) is 5.56. The van der Waals surface area contributed by atoms with Gasteiger partial charge in [0.15, 0.2) is 5.76 Å². The van der Waals surface area contributed by atoms with Gasteiger partial charge >= 0.3 is 0 Å². The topological polar surface area (TPSA) is 62.2 Å². The lowest BCUT2D eigenvalue weighted by Crippen LogP contribution is -2.49. The number of carbonyl (C=O) groups excluding carboxylic acids is 1. The number of allylic oxidation sites excluding steroid dienone is 1. The van der Waals surface area contributed by atoms with E-state index in [2.05, 4.69) is 22.4 Å². The van der Waals surface area contributed by atoms with Gasteiger partial charge in [0.25, 0.3) is 5.91 Å². The molecular weight excluding hydrogens is 424 g/mol. The Morgan fingerprint density at radius 3 is 2.66 bits per heavy atom. The number of piperidine rings is 2. The Kier molecular flexibility index (Phi) is 8.63. The molecule has 1 amide bonds. The molecule has 0 spiro atoms. The molecule has 3 aliphatic heterocycles. The van der Waals surface area contributed by atoms with E-state index in [4.69, 9.17) is 9.47 Å². The molecule has 1 aromatic rings. The van der Waals surface area contributed by atoms with E-state index >= 15 is 0 Å². The molecule has 0 aliphatic carbocycles. The summed E-state index contributed by atoms with van der Waals surface area (Å²) in [6.45, 7) is 6.63. The fourth-order valence-electron chi connectivity index (χ4n) is 5.44. The van der Waals surface area contributed by atoms with E-state index in [9.17, 15) is 9.90 Å². The van der Waals surface area contributed by atoms with Gasteiger partial charge in [0.1, 0.15) is 0 Å². The molecule has 0 radical (unpaired) electrons. The first-order valence-electron chi connectivity index (χ1n) is 12.4. The van der Waals surface area contributed by atoms with Gasteiger partial charge in [0.05, 0.1) is 0 Å². The maximum Gasteiger partial charge on any atom is 0.288 e. The van der Waals surface area contributed by atoms with Gasteiger partial charge in [-0.25, -0.2) is 0 Å². The van der Waals surface area contributed by atoms with Crippen molar-refractivity contribution >= 4 is 17.2 Å². The van der Waals surface area contributed by atoms with Crippen LogP contribution in [0.4, 0.5) is 0 Å². The number of aliphatic hydroxyl groups excluding tert-OH is 1. The maximum atomic E-state index is 13.4. The van der Waals surface area contributed by atoms with Gasteiger partial charge < -0.3 is 24.4 Å². The number of amides is 1. The molecule has 2 fully saturated rings. The average Bonchev–Trinajstić information content (AvgIpc) is 3.38. The van der Waals surface area contributed by atoms with Crippen molar-refractivity contribution in [3.8, 4) is 0 Å². The van der Waals surface area contributed by atoms with Crippen molar-refractivity contribution in [2.75, 3.05) is 39.4 Å². The highest BCUT2D eigenvalue weighted by atomic mass is 32.1. The monoisotopic (exact) mass is 462 g/mol. The molecule has 1 aromatic heterocycles. The highest BCUT2D eigenvalue weighted by molar-refractivity contribution is 7.10. The zero-order chi connectivity index (χ0) is 22.3. The Balaban J connectivity index is 1.47. The summed E-state index contributed by atoms with van der Waals surface area (Å²) >= 11 is 1.70. The van der Waals surface area contributed by atoms with Crippen molar-refractivity contribution in [3.63, 3.8) is 0 Å². The van der Waals surface area contributed by atoms with Crippen molar-refractivity contribution in [2.45, 2.75) is 70.1 Å². The lowest BCUT2D eigenvalue weighted by molar-refractivity contribution is -0.170. The largest absolute Gasteiger partial charge is 0.459 e. The van der Waals surface area contributed by atoms with Crippen molar-refractivity contribution in [2.24, 2.45) is 5.92 Å². The number of likely N-dealkylation sites (tertiary alicyclic amines) is 2. The lowest BCUT2D eigenvalue weighted by Gasteiger charge is -2.41. The second-order valence-electron chi connectivity index (χ2n) is 9.16. The van der Waals surface area contributed by atoms with Crippen LogP contribution in [0.1, 0.15) is 62.7 Å². The predicted molar refractivity (Wildman–Crippen MR) is 126 cm³/mol. The number of carbonyl (C=O) groups is 1. The van der Waals surface area contributed by atoms with Crippen LogP contribution in [0.3, 0.4) is 0 Å². The van der Waals surface area contributed by atoms with Gasteiger partial charge in [-0.05, 0) is 76.1 Å². The SMILES string of the molecule is CCO[C@@H]1OC(C(=O)N2CCC(N3CCCCC3)CC2)=C[C@H](c2cccs2)[C@@H]1CCCO. The summed E-state index contributed by atoms with van der Waals surface area (Å²) in [5, 5.41) is 11.5. The summed E-state index contributed by atoms with van der Waals surface area (Å²) in [5.41, 5.74) is 0. The molecule has 1 N–H and O–H groups in total. The van der Waals surface area contributed by atoms with Crippen molar-refractivity contribution in [3.05, 3.63) is 34.2 Å². The predicted octanol–water partition coefficient (Wildman–Crippen LogP) is 3.97. The molecule has 32 heavy (non-hydrogen) atoms. The van der Waals surface area contributed by atoms with E-state index in [1.54, 1.807) is 11.3 Å². The first kappa shape index (κ1) is 23.7. The molecule has 178 valence electrons. The number of thiophene rings is 1. The fourth-order valence-corrected chi connectivity index (χ4v) is 6.31. The van der Waals surface area contributed by atoms with E-state index in [1.807, 2.05) is 17.9 Å². The highest BCUT2D eigenvalue weighted by Gasteiger charge is 2.39. The minimum absolute atomic E-state index is 0.00559. The summed E-state index contributed by atoms with van der Waals surface area (Å²) in [6.07, 6.45) is 9.09. The first-order chi connectivity index (χ1) is 15.7. The number of rotatable bonds is 8. The molecule has 3 aliphatic rings. The third-order valence-electron chi connectivity index (χ3n) is 7.15. The van der Waals surface area contributed by atoms with E-state index < -0.39 is 6.29 Å². The Labute approximate surface area is 196 Å². The van der Waals surface area contributed by atoms with Gasteiger partial charge in [0, 0.05) is 49.1 Å². The molecule has 0 aromatic carbocycles. The summed E-state index contributed by atoms with van der Waals surface area (Å²) in [5.74, 6) is 0.575. The normalized spacial score (nSPS) is 27.8. The first-order valence-corrected chi connectivity index (χ1v) is 13.3. The fraction of sp³-hybridized carbons (Fsp3) is 0.720. The zero-order valence-corrected chi connectivity index (χ0v) is 20.1.